The first-order chi connectivity index (χ1) is 27.7. The predicted octanol–water partition coefficient (Wildman–Crippen LogP) is 15.0. The third-order valence-electron chi connectivity index (χ3n) is 21.1. The van der Waals surface area contributed by atoms with Crippen molar-refractivity contribution in [2.75, 3.05) is 0 Å². The summed E-state index contributed by atoms with van der Waals surface area (Å²) in [4.78, 5) is 0. The molecule has 0 radical (unpaired) electrons. The zero-order valence-electron chi connectivity index (χ0n) is 41.2. The number of benzene rings is 2. The first-order valence-corrected chi connectivity index (χ1v) is 33.1. The van der Waals surface area contributed by atoms with Crippen LogP contribution < -0.4 is 8.79 Å². The SMILES string of the molecule is CCC1(CC)CC(CC)(CC)c2c1cc1c([c]2[Ge](=[Se])[c]2c3c(cc4c2C(CC)(CC)CC4(CC)CC)C(CC)(CC)CC3(CC)CC)C(CC)(CC)CC1(CC)CC. The van der Waals surface area contributed by atoms with Crippen molar-refractivity contribution in [1.82, 2.24) is 0 Å². The van der Waals surface area contributed by atoms with Crippen molar-refractivity contribution in [3.63, 3.8) is 0 Å². The maximum absolute atomic E-state index is 4.49. The fraction of sp³-hybridized carbons (Fsp3) is 0.786. The third-order valence-corrected chi connectivity index (χ3v) is 29.5. The summed E-state index contributed by atoms with van der Waals surface area (Å²) in [7, 11) is 0. The molecule has 324 valence electrons. The number of fused-ring (bicyclic) bond motifs is 4. The Kier molecular flexibility index (Phi) is 13.4. The van der Waals surface area contributed by atoms with Gasteiger partial charge in [0.2, 0.25) is 0 Å². The second kappa shape index (κ2) is 16.6. The molecule has 6 rings (SSSR count). The van der Waals surface area contributed by atoms with Gasteiger partial charge in [0, 0.05) is 0 Å². The minimum atomic E-state index is -2.43. The quantitative estimate of drug-likeness (QED) is 0.131. The van der Waals surface area contributed by atoms with Gasteiger partial charge < -0.3 is 0 Å². The summed E-state index contributed by atoms with van der Waals surface area (Å²) in [6.07, 6.45) is 25.7. The fourth-order valence-electron chi connectivity index (χ4n) is 16.1. The Balaban J connectivity index is 1.97. The summed E-state index contributed by atoms with van der Waals surface area (Å²) in [5.74, 6) is 0. The average molecular weight is 915 g/mol. The number of hydrogen-bond acceptors (Lipinski definition) is 0. The van der Waals surface area contributed by atoms with Crippen LogP contribution in [0.4, 0.5) is 0 Å². The monoisotopic (exact) mass is 917 g/mol. The van der Waals surface area contributed by atoms with Crippen LogP contribution in [0.25, 0.3) is 0 Å². The molecule has 0 aromatic heterocycles. The molecule has 0 bridgehead atoms. The van der Waals surface area contributed by atoms with Crippen LogP contribution in [0.2, 0.25) is 0 Å². The Labute approximate surface area is 371 Å². The summed E-state index contributed by atoms with van der Waals surface area (Å²) < 4.78 is 3.97. The van der Waals surface area contributed by atoms with Crippen LogP contribution in [-0.2, 0) is 43.3 Å². The van der Waals surface area contributed by atoms with Gasteiger partial charge in [0.25, 0.3) is 0 Å². The third kappa shape index (κ3) is 5.88. The van der Waals surface area contributed by atoms with E-state index in [0.29, 0.717) is 0 Å². The van der Waals surface area contributed by atoms with Crippen LogP contribution in [0.1, 0.15) is 284 Å². The molecule has 0 atom stereocenters. The van der Waals surface area contributed by atoms with Crippen LogP contribution in [-0.4, -0.2) is 25.5 Å². The van der Waals surface area contributed by atoms with E-state index in [9.17, 15) is 0 Å². The second-order valence-electron chi connectivity index (χ2n) is 21.1. The van der Waals surface area contributed by atoms with E-state index >= 15 is 0 Å². The van der Waals surface area contributed by atoms with Gasteiger partial charge in [-0.2, -0.15) is 0 Å². The first kappa shape index (κ1) is 47.0. The van der Waals surface area contributed by atoms with Crippen molar-refractivity contribution in [1.29, 1.82) is 0 Å². The van der Waals surface area contributed by atoms with Gasteiger partial charge in [-0.3, -0.25) is 0 Å². The standard InChI is InChI=1S/C56H90GeSe/c1-17-49(18-2)35-53(25-9,26-10)43-39(49)33-40-44(54(27-11,28-12)36-50(40,19-3)20-4)47(43)57(58)48-45-41(51(21-5,22-6)37-55(45,29-13)30-14)34-42-46(48)56(31-15,32-16)38-52(42,23-7)24-8/h33-34H,17-32,35-38H2,1-16H3. The molecule has 4 aliphatic rings. The molecule has 2 heteroatoms. The van der Waals surface area contributed by atoms with Gasteiger partial charge in [-0.05, 0) is 0 Å². The summed E-state index contributed by atoms with van der Waals surface area (Å²) in [5, 5.41) is 0. The molecule has 58 heavy (non-hydrogen) atoms. The van der Waals surface area contributed by atoms with E-state index in [1.807, 2.05) is 53.3 Å². The van der Waals surface area contributed by atoms with Crippen LogP contribution in [0.3, 0.4) is 0 Å². The van der Waals surface area contributed by atoms with Crippen molar-refractivity contribution >= 4 is 34.3 Å². The topological polar surface area (TPSA) is 0 Å². The van der Waals surface area contributed by atoms with Gasteiger partial charge in [0.05, 0.1) is 0 Å². The molecule has 0 saturated heterocycles. The van der Waals surface area contributed by atoms with Crippen molar-refractivity contribution in [2.45, 2.75) is 283 Å². The number of hydrogen-bond donors (Lipinski definition) is 0. The van der Waals surface area contributed by atoms with Gasteiger partial charge in [0.15, 0.2) is 0 Å². The summed E-state index contributed by atoms with van der Waals surface area (Å²) in [6, 6.07) is 5.92. The Bertz CT molecular complexity index is 1590. The van der Waals surface area contributed by atoms with E-state index in [2.05, 4.69) is 136 Å². The van der Waals surface area contributed by atoms with Gasteiger partial charge in [-0.1, -0.05) is 0 Å². The molecule has 2 aromatic carbocycles. The van der Waals surface area contributed by atoms with Crippen LogP contribution in [0, 0.1) is 0 Å². The molecule has 0 amide bonds. The van der Waals surface area contributed by atoms with Crippen molar-refractivity contribution < 1.29 is 0 Å². The first-order valence-electron chi connectivity index (χ1n) is 25.7. The molecule has 0 N–H and O–H groups in total. The van der Waals surface area contributed by atoms with Crippen molar-refractivity contribution in [2.24, 2.45) is 0 Å². The Morgan fingerprint density at radius 2 is 0.466 bits per heavy atom. The summed E-state index contributed by atoms with van der Waals surface area (Å²) in [6.45, 7) is 41.2. The van der Waals surface area contributed by atoms with Crippen molar-refractivity contribution in [3.8, 4) is 0 Å². The van der Waals surface area contributed by atoms with Gasteiger partial charge >= 0.3 is 373 Å². The van der Waals surface area contributed by atoms with E-state index < -0.39 is 11.9 Å². The molecule has 0 spiro atoms. The Morgan fingerprint density at radius 3 is 0.603 bits per heavy atom. The molecule has 0 nitrogen and oxygen atoms in total. The predicted molar refractivity (Wildman–Crippen MR) is 260 cm³/mol. The molecule has 0 unspecified atom stereocenters. The minimum absolute atomic E-state index is 0.248. The second-order valence-corrected chi connectivity index (χ2v) is 29.1. The molecule has 0 heterocycles. The van der Waals surface area contributed by atoms with E-state index in [0.717, 1.165) is 0 Å². The normalized spacial score (nSPS) is 22.8. The zero-order valence-corrected chi connectivity index (χ0v) is 45.0. The summed E-state index contributed by atoms with van der Waals surface area (Å²) >= 11 is 2.06. The zero-order chi connectivity index (χ0) is 42.9. The molecule has 4 aliphatic carbocycles. The Morgan fingerprint density at radius 1 is 0.310 bits per heavy atom. The average Bonchev–Trinajstić information content (AvgIpc) is 3.95. The fourth-order valence-corrected chi connectivity index (χ4v) is 26.3. The molecular formula is C56H90GeSe. The van der Waals surface area contributed by atoms with E-state index in [1.165, 1.54) is 128 Å². The Hall–Kier alpha value is -0.498. The van der Waals surface area contributed by atoms with Gasteiger partial charge in [0.1, 0.15) is 0 Å². The molecule has 0 fully saturated rings. The molecular weight excluding hydrogens is 824 g/mol. The molecule has 0 aliphatic heterocycles. The van der Waals surface area contributed by atoms with E-state index in [-0.39, 0.29) is 43.3 Å². The maximum atomic E-state index is 4.49. The summed E-state index contributed by atoms with van der Waals surface area (Å²) in [5.41, 5.74) is 17.1. The van der Waals surface area contributed by atoms with E-state index in [1.54, 1.807) is 0 Å². The van der Waals surface area contributed by atoms with Crippen LogP contribution >= 0.6 is 0 Å². The number of rotatable bonds is 18. The van der Waals surface area contributed by atoms with E-state index in [4.69, 9.17) is 0 Å². The molecule has 2 aromatic rings. The van der Waals surface area contributed by atoms with Crippen LogP contribution in [0.15, 0.2) is 12.1 Å². The molecule has 0 saturated carbocycles. The van der Waals surface area contributed by atoms with Crippen molar-refractivity contribution in [3.05, 3.63) is 56.6 Å². The van der Waals surface area contributed by atoms with Gasteiger partial charge in [-0.15, -0.1) is 0 Å². The van der Waals surface area contributed by atoms with Crippen LogP contribution in [0.5, 0.6) is 0 Å². The van der Waals surface area contributed by atoms with Gasteiger partial charge in [-0.25, -0.2) is 0 Å².